The van der Waals surface area contributed by atoms with Gasteiger partial charge in [0.1, 0.15) is 0 Å². The minimum atomic E-state index is 0.638. The second-order valence-corrected chi connectivity index (χ2v) is 3.72. The van der Waals surface area contributed by atoms with Crippen molar-refractivity contribution in [3.8, 4) is 0 Å². The van der Waals surface area contributed by atoms with Crippen LogP contribution >= 0.6 is 0 Å². The summed E-state index contributed by atoms with van der Waals surface area (Å²) in [6.07, 6.45) is 7.94. The van der Waals surface area contributed by atoms with Crippen LogP contribution in [0.15, 0.2) is 42.6 Å². The summed E-state index contributed by atoms with van der Waals surface area (Å²) in [4.78, 5) is 0. The van der Waals surface area contributed by atoms with Crippen molar-refractivity contribution in [3.05, 3.63) is 48.2 Å². The van der Waals surface area contributed by atoms with Crippen molar-refractivity contribution in [1.82, 2.24) is 0 Å². The lowest BCUT2D eigenvalue weighted by Crippen LogP contribution is -2.04. The molecule has 1 atom stereocenters. The fraction of sp³-hybridized carbons (Fsp3) is 0.308. The molecule has 72 valence electrons. The Bertz CT molecular complexity index is 349. The highest BCUT2D eigenvalue weighted by Gasteiger charge is 2.13. The van der Waals surface area contributed by atoms with Crippen molar-refractivity contribution in [2.24, 2.45) is 5.92 Å². The van der Waals surface area contributed by atoms with Crippen LogP contribution in [-0.4, -0.2) is 10.8 Å². The molecule has 0 amide bonds. The maximum atomic E-state index is 2.30. The average molecular weight is 186 g/mol. The third kappa shape index (κ3) is 2.11. The van der Waals surface area contributed by atoms with Crippen LogP contribution in [0.1, 0.15) is 18.9 Å². The third-order valence-corrected chi connectivity index (χ3v) is 2.59. The van der Waals surface area contributed by atoms with Gasteiger partial charge in [-0.25, -0.2) is 4.58 Å². The van der Waals surface area contributed by atoms with Crippen LogP contribution in [0.25, 0.3) is 0 Å². The monoisotopic (exact) mass is 186 g/mol. The second-order valence-electron chi connectivity index (χ2n) is 3.72. The Hall–Kier alpha value is -1.37. The molecule has 0 saturated carbocycles. The molecular weight excluding hydrogens is 170 g/mol. The molecular formula is C13H16N+. The molecule has 1 heteroatoms. The Morgan fingerprint density at radius 1 is 1.21 bits per heavy atom. The van der Waals surface area contributed by atoms with Crippen LogP contribution in [0.2, 0.25) is 0 Å². The van der Waals surface area contributed by atoms with E-state index in [1.807, 2.05) is 0 Å². The molecule has 1 heterocycles. The van der Waals surface area contributed by atoms with Gasteiger partial charge >= 0.3 is 0 Å². The molecule has 14 heavy (non-hydrogen) atoms. The Labute approximate surface area is 85.4 Å². The highest BCUT2D eigenvalue weighted by atomic mass is 15.0. The highest BCUT2D eigenvalue weighted by Crippen LogP contribution is 2.10. The lowest BCUT2D eigenvalue weighted by atomic mass is 10.1. The van der Waals surface area contributed by atoms with E-state index in [0.29, 0.717) is 5.92 Å². The number of allylic oxidation sites excluding steroid dienone is 1. The molecule has 1 aliphatic heterocycles. The van der Waals surface area contributed by atoms with Gasteiger partial charge in [-0.15, -0.1) is 0 Å². The van der Waals surface area contributed by atoms with Crippen molar-refractivity contribution in [1.29, 1.82) is 0 Å². The van der Waals surface area contributed by atoms with E-state index in [0.717, 1.165) is 6.54 Å². The number of hydrogen-bond acceptors (Lipinski definition) is 0. The minimum absolute atomic E-state index is 0.638. The van der Waals surface area contributed by atoms with E-state index in [1.54, 1.807) is 0 Å². The predicted molar refractivity (Wildman–Crippen MR) is 59.4 cm³/mol. The SMILES string of the molecule is CCC1C=C[N+](Cc2ccccc2)=C1. The normalized spacial score (nSPS) is 19.8. The van der Waals surface area contributed by atoms with E-state index in [9.17, 15) is 0 Å². The van der Waals surface area contributed by atoms with Crippen molar-refractivity contribution >= 4 is 6.21 Å². The number of rotatable bonds is 3. The zero-order valence-corrected chi connectivity index (χ0v) is 8.56. The maximum Gasteiger partial charge on any atom is 0.173 e. The summed E-state index contributed by atoms with van der Waals surface area (Å²) in [5, 5.41) is 0. The zero-order chi connectivity index (χ0) is 9.80. The second kappa shape index (κ2) is 4.23. The molecule has 0 N–H and O–H groups in total. The summed E-state index contributed by atoms with van der Waals surface area (Å²) in [5.74, 6) is 0.638. The molecule has 0 bridgehead atoms. The molecule has 1 aromatic rings. The van der Waals surface area contributed by atoms with Gasteiger partial charge in [-0.1, -0.05) is 37.3 Å². The maximum absolute atomic E-state index is 2.30. The van der Waals surface area contributed by atoms with E-state index >= 15 is 0 Å². The lowest BCUT2D eigenvalue weighted by molar-refractivity contribution is -0.467. The summed E-state index contributed by atoms with van der Waals surface area (Å²) >= 11 is 0. The van der Waals surface area contributed by atoms with Crippen LogP contribution in [0.5, 0.6) is 0 Å². The molecule has 2 rings (SSSR count). The van der Waals surface area contributed by atoms with Crippen LogP contribution in [0.4, 0.5) is 0 Å². The largest absolute Gasteiger partial charge is 0.204 e. The van der Waals surface area contributed by atoms with Crippen LogP contribution in [0, 0.1) is 5.92 Å². The number of nitrogens with zero attached hydrogens (tertiary/aromatic N) is 1. The molecule has 1 nitrogen and oxygen atoms in total. The summed E-state index contributed by atoms with van der Waals surface area (Å²) in [6.45, 7) is 3.21. The van der Waals surface area contributed by atoms with Gasteiger partial charge in [-0.05, 0) is 12.5 Å². The summed E-state index contributed by atoms with van der Waals surface area (Å²) in [6, 6.07) is 10.6. The van der Waals surface area contributed by atoms with Gasteiger partial charge in [0.15, 0.2) is 19.0 Å². The van der Waals surface area contributed by atoms with E-state index in [1.165, 1.54) is 12.0 Å². The van der Waals surface area contributed by atoms with Gasteiger partial charge in [-0.2, -0.15) is 0 Å². The smallest absolute Gasteiger partial charge is 0.173 e. The first-order valence-corrected chi connectivity index (χ1v) is 5.21. The molecule has 1 aliphatic rings. The van der Waals surface area contributed by atoms with Crippen molar-refractivity contribution in [3.63, 3.8) is 0 Å². The van der Waals surface area contributed by atoms with Gasteiger partial charge in [0.2, 0.25) is 0 Å². The third-order valence-electron chi connectivity index (χ3n) is 2.59. The molecule has 0 spiro atoms. The first-order chi connectivity index (χ1) is 6.88. The van der Waals surface area contributed by atoms with Gasteiger partial charge in [0, 0.05) is 5.56 Å². The molecule has 0 radical (unpaired) electrons. The summed E-state index contributed by atoms with van der Waals surface area (Å²) < 4.78 is 2.27. The number of hydrogen-bond donors (Lipinski definition) is 0. The molecule has 1 aromatic carbocycles. The van der Waals surface area contributed by atoms with Gasteiger partial charge in [-0.3, -0.25) is 0 Å². The fourth-order valence-electron chi connectivity index (χ4n) is 1.71. The van der Waals surface area contributed by atoms with E-state index < -0.39 is 0 Å². The first kappa shape index (κ1) is 9.20. The quantitative estimate of drug-likeness (QED) is 0.639. The van der Waals surface area contributed by atoms with Gasteiger partial charge < -0.3 is 0 Å². The highest BCUT2D eigenvalue weighted by molar-refractivity contribution is 5.60. The number of benzene rings is 1. The predicted octanol–water partition coefficient (Wildman–Crippen LogP) is 2.82. The molecule has 0 aliphatic carbocycles. The Kier molecular flexibility index (Phi) is 2.78. The topological polar surface area (TPSA) is 3.01 Å². The average Bonchev–Trinajstić information content (AvgIpc) is 2.67. The Morgan fingerprint density at radius 3 is 2.64 bits per heavy atom. The van der Waals surface area contributed by atoms with Crippen molar-refractivity contribution in [2.75, 3.05) is 0 Å². The van der Waals surface area contributed by atoms with Gasteiger partial charge in [0.05, 0.1) is 5.92 Å². The van der Waals surface area contributed by atoms with Gasteiger partial charge in [0.25, 0.3) is 0 Å². The van der Waals surface area contributed by atoms with Crippen molar-refractivity contribution < 1.29 is 4.58 Å². The van der Waals surface area contributed by atoms with Crippen LogP contribution < -0.4 is 0 Å². The van der Waals surface area contributed by atoms with Crippen LogP contribution in [-0.2, 0) is 6.54 Å². The molecule has 1 unspecified atom stereocenters. The van der Waals surface area contributed by atoms with E-state index in [2.05, 4.69) is 60.3 Å². The first-order valence-electron chi connectivity index (χ1n) is 5.21. The zero-order valence-electron chi connectivity index (χ0n) is 8.56. The summed E-state index contributed by atoms with van der Waals surface area (Å²) in [7, 11) is 0. The lowest BCUT2D eigenvalue weighted by Gasteiger charge is -1.96. The van der Waals surface area contributed by atoms with E-state index in [4.69, 9.17) is 0 Å². The fourth-order valence-corrected chi connectivity index (χ4v) is 1.71. The van der Waals surface area contributed by atoms with Crippen LogP contribution in [0.3, 0.4) is 0 Å². The Balaban J connectivity index is 2.04. The Morgan fingerprint density at radius 2 is 2.00 bits per heavy atom. The molecule has 0 aromatic heterocycles. The standard InChI is InChI=1S/C13H16N/c1-2-12-8-9-14(10-12)11-13-6-4-3-5-7-13/h3-10,12H,2,11H2,1H3/q+1. The molecule has 0 fully saturated rings. The molecule has 0 saturated heterocycles. The summed E-state index contributed by atoms with van der Waals surface area (Å²) in [5.41, 5.74) is 1.37. The van der Waals surface area contributed by atoms with Crippen molar-refractivity contribution in [2.45, 2.75) is 19.9 Å². The minimum Gasteiger partial charge on any atom is -0.204 e. The van der Waals surface area contributed by atoms with E-state index in [-0.39, 0.29) is 0 Å².